The minimum atomic E-state index is -1.01. The maximum absolute atomic E-state index is 12.5. The topological polar surface area (TPSA) is 144 Å². The van der Waals surface area contributed by atoms with Gasteiger partial charge < -0.3 is 25.8 Å². The molecule has 0 spiro atoms. The number of nitriles is 1. The van der Waals surface area contributed by atoms with Crippen molar-refractivity contribution in [1.82, 2.24) is 5.32 Å². The van der Waals surface area contributed by atoms with E-state index in [-0.39, 0.29) is 25.0 Å². The molecule has 0 aliphatic carbocycles. The van der Waals surface area contributed by atoms with Crippen LogP contribution in [0.15, 0.2) is 18.2 Å². The predicted octanol–water partition coefficient (Wildman–Crippen LogP) is 1.19. The standard InChI is InChI=1S/C19H26N4O5/c1-12(2)11-22-14-5-4-13(10-16(14)28-9-8-20)18(25)23-15(19(26)27-3)6-7-17(21)24/h4-5,10,12,15,22H,6-7,9,11H2,1-3H3,(H2,21,24)(H,23,25). The van der Waals surface area contributed by atoms with E-state index < -0.39 is 23.8 Å². The van der Waals surface area contributed by atoms with Crippen LogP contribution in [-0.4, -0.2) is 44.1 Å². The van der Waals surface area contributed by atoms with Crippen molar-refractivity contribution in [2.24, 2.45) is 11.7 Å². The Morgan fingerprint density at radius 2 is 2.00 bits per heavy atom. The number of hydrogen-bond acceptors (Lipinski definition) is 7. The van der Waals surface area contributed by atoms with Crippen molar-refractivity contribution >= 4 is 23.5 Å². The van der Waals surface area contributed by atoms with Crippen LogP contribution in [0.3, 0.4) is 0 Å². The summed E-state index contributed by atoms with van der Waals surface area (Å²) in [5, 5.41) is 14.5. The average molecular weight is 390 g/mol. The second-order valence-electron chi connectivity index (χ2n) is 6.49. The minimum absolute atomic E-state index is 0.0273. The molecule has 1 rings (SSSR count). The first-order valence-electron chi connectivity index (χ1n) is 8.83. The number of carbonyl (C=O) groups is 3. The number of primary amides is 1. The fourth-order valence-corrected chi connectivity index (χ4v) is 2.27. The van der Waals surface area contributed by atoms with Crippen molar-refractivity contribution in [3.63, 3.8) is 0 Å². The molecule has 0 aliphatic rings. The van der Waals surface area contributed by atoms with E-state index in [9.17, 15) is 14.4 Å². The third-order valence-electron chi connectivity index (χ3n) is 3.71. The SMILES string of the molecule is COC(=O)C(CCC(N)=O)NC(=O)c1ccc(NCC(C)C)c(OCC#N)c1. The molecule has 1 aromatic rings. The molecule has 2 amide bonds. The van der Waals surface area contributed by atoms with Crippen LogP contribution in [0.5, 0.6) is 5.75 Å². The van der Waals surface area contributed by atoms with Crippen molar-refractivity contribution in [2.45, 2.75) is 32.7 Å². The van der Waals surface area contributed by atoms with Gasteiger partial charge in [-0.05, 0) is 30.5 Å². The Labute approximate surface area is 164 Å². The summed E-state index contributed by atoms with van der Waals surface area (Å²) in [5.74, 6) is -1.07. The Balaban J connectivity index is 2.99. The van der Waals surface area contributed by atoms with Crippen molar-refractivity contribution in [3.8, 4) is 11.8 Å². The molecular weight excluding hydrogens is 364 g/mol. The highest BCUT2D eigenvalue weighted by Crippen LogP contribution is 2.26. The largest absolute Gasteiger partial charge is 0.477 e. The zero-order chi connectivity index (χ0) is 21.1. The van der Waals surface area contributed by atoms with Gasteiger partial charge in [0.15, 0.2) is 6.61 Å². The number of rotatable bonds is 11. The van der Waals surface area contributed by atoms with Crippen molar-refractivity contribution in [3.05, 3.63) is 23.8 Å². The van der Waals surface area contributed by atoms with E-state index in [1.807, 2.05) is 19.9 Å². The van der Waals surface area contributed by atoms with E-state index in [2.05, 4.69) is 15.4 Å². The van der Waals surface area contributed by atoms with Crippen LogP contribution >= 0.6 is 0 Å². The molecule has 0 saturated carbocycles. The summed E-state index contributed by atoms with van der Waals surface area (Å²) in [6, 6.07) is 5.60. The lowest BCUT2D eigenvalue weighted by Crippen LogP contribution is -2.42. The Bertz CT molecular complexity index is 742. The molecule has 152 valence electrons. The molecule has 28 heavy (non-hydrogen) atoms. The molecule has 0 heterocycles. The predicted molar refractivity (Wildman–Crippen MR) is 103 cm³/mol. The number of amides is 2. The summed E-state index contributed by atoms with van der Waals surface area (Å²) in [6.07, 6.45) is -0.0474. The molecule has 0 radical (unpaired) electrons. The van der Waals surface area contributed by atoms with Gasteiger partial charge in [0, 0.05) is 18.5 Å². The number of ether oxygens (including phenoxy) is 2. The summed E-state index contributed by atoms with van der Waals surface area (Å²) in [7, 11) is 1.19. The summed E-state index contributed by atoms with van der Waals surface area (Å²) in [4.78, 5) is 35.4. The summed E-state index contributed by atoms with van der Waals surface area (Å²) < 4.78 is 10.1. The Morgan fingerprint density at radius 3 is 2.57 bits per heavy atom. The van der Waals surface area contributed by atoms with Gasteiger partial charge in [0.1, 0.15) is 17.9 Å². The van der Waals surface area contributed by atoms with Crippen LogP contribution < -0.4 is 21.1 Å². The Morgan fingerprint density at radius 1 is 1.29 bits per heavy atom. The van der Waals surface area contributed by atoms with Crippen LogP contribution in [0.1, 0.15) is 37.0 Å². The monoisotopic (exact) mass is 390 g/mol. The fourth-order valence-electron chi connectivity index (χ4n) is 2.27. The van der Waals surface area contributed by atoms with Gasteiger partial charge in [0.25, 0.3) is 5.91 Å². The van der Waals surface area contributed by atoms with Crippen LogP contribution in [-0.2, 0) is 14.3 Å². The van der Waals surface area contributed by atoms with Crippen LogP contribution in [0, 0.1) is 17.2 Å². The number of methoxy groups -OCH3 is 1. The van der Waals surface area contributed by atoms with Gasteiger partial charge >= 0.3 is 5.97 Å². The molecule has 1 unspecified atom stereocenters. The number of anilines is 1. The second-order valence-corrected chi connectivity index (χ2v) is 6.49. The van der Waals surface area contributed by atoms with Gasteiger partial charge in [0.2, 0.25) is 5.91 Å². The van der Waals surface area contributed by atoms with Crippen molar-refractivity contribution in [1.29, 1.82) is 5.26 Å². The molecule has 1 aromatic carbocycles. The number of nitrogens with two attached hydrogens (primary N) is 1. The number of carbonyl (C=O) groups excluding carboxylic acids is 3. The van der Waals surface area contributed by atoms with Crippen LogP contribution in [0.2, 0.25) is 0 Å². The van der Waals surface area contributed by atoms with Gasteiger partial charge in [-0.25, -0.2) is 4.79 Å². The summed E-state index contributed by atoms with van der Waals surface area (Å²) in [5.41, 5.74) is 5.99. The van der Waals surface area contributed by atoms with Gasteiger partial charge in [-0.3, -0.25) is 9.59 Å². The Hall–Kier alpha value is -3.28. The van der Waals surface area contributed by atoms with Crippen LogP contribution in [0.25, 0.3) is 0 Å². The highest BCUT2D eigenvalue weighted by Gasteiger charge is 2.23. The highest BCUT2D eigenvalue weighted by molar-refractivity contribution is 5.97. The quantitative estimate of drug-likeness (QED) is 0.481. The lowest BCUT2D eigenvalue weighted by atomic mass is 10.1. The Kier molecular flexibility index (Phi) is 9.30. The van der Waals surface area contributed by atoms with E-state index in [0.29, 0.717) is 23.9 Å². The third kappa shape index (κ3) is 7.53. The maximum atomic E-state index is 12.5. The van der Waals surface area contributed by atoms with E-state index in [4.69, 9.17) is 15.7 Å². The molecule has 0 bridgehead atoms. The molecule has 9 nitrogen and oxygen atoms in total. The highest BCUT2D eigenvalue weighted by atomic mass is 16.5. The zero-order valence-corrected chi connectivity index (χ0v) is 16.3. The maximum Gasteiger partial charge on any atom is 0.328 e. The molecule has 0 aromatic heterocycles. The molecule has 1 atom stereocenters. The lowest BCUT2D eigenvalue weighted by molar-refractivity contribution is -0.143. The fraction of sp³-hybridized carbons (Fsp3) is 0.474. The van der Waals surface area contributed by atoms with Crippen molar-refractivity contribution < 1.29 is 23.9 Å². The third-order valence-corrected chi connectivity index (χ3v) is 3.71. The first kappa shape index (κ1) is 22.8. The zero-order valence-electron chi connectivity index (χ0n) is 16.3. The van der Waals surface area contributed by atoms with E-state index in [1.54, 1.807) is 12.1 Å². The van der Waals surface area contributed by atoms with Gasteiger partial charge in [-0.15, -0.1) is 0 Å². The molecule has 0 saturated heterocycles. The number of nitrogens with zero attached hydrogens (tertiary/aromatic N) is 1. The van der Waals surface area contributed by atoms with Crippen LogP contribution in [0.4, 0.5) is 5.69 Å². The van der Waals surface area contributed by atoms with E-state index >= 15 is 0 Å². The minimum Gasteiger partial charge on any atom is -0.477 e. The van der Waals surface area contributed by atoms with Gasteiger partial charge in [0.05, 0.1) is 12.8 Å². The number of nitrogens with one attached hydrogen (secondary N) is 2. The first-order chi connectivity index (χ1) is 13.3. The molecule has 4 N–H and O–H groups in total. The number of esters is 1. The second kappa shape index (κ2) is 11.4. The normalized spacial score (nSPS) is 11.2. The van der Waals surface area contributed by atoms with Gasteiger partial charge in [-0.1, -0.05) is 13.8 Å². The van der Waals surface area contributed by atoms with E-state index in [1.165, 1.54) is 13.2 Å². The lowest BCUT2D eigenvalue weighted by Gasteiger charge is -2.17. The number of hydrogen-bond donors (Lipinski definition) is 3. The number of benzene rings is 1. The van der Waals surface area contributed by atoms with Gasteiger partial charge in [-0.2, -0.15) is 5.26 Å². The molecule has 9 heteroatoms. The summed E-state index contributed by atoms with van der Waals surface area (Å²) in [6.45, 7) is 4.60. The average Bonchev–Trinajstić information content (AvgIpc) is 2.66. The smallest absolute Gasteiger partial charge is 0.328 e. The van der Waals surface area contributed by atoms with E-state index in [0.717, 1.165) is 0 Å². The first-order valence-corrected chi connectivity index (χ1v) is 8.83. The molecular formula is C19H26N4O5. The summed E-state index contributed by atoms with van der Waals surface area (Å²) >= 11 is 0. The molecule has 0 fully saturated rings. The van der Waals surface area contributed by atoms with Crippen molar-refractivity contribution in [2.75, 3.05) is 25.6 Å². The molecule has 0 aliphatic heterocycles.